The molecule has 1 N–H and O–H groups in total. The molecule has 0 aliphatic heterocycles. The maximum Gasteiger partial charge on any atom is 0.274 e. The Bertz CT molecular complexity index is 1060. The van der Waals surface area contributed by atoms with E-state index >= 15 is 0 Å². The van der Waals surface area contributed by atoms with Crippen LogP contribution in [-0.4, -0.2) is 41.6 Å². The van der Waals surface area contributed by atoms with Crippen molar-refractivity contribution in [2.24, 2.45) is 0 Å². The molecule has 0 fully saturated rings. The Kier molecular flexibility index (Phi) is 5.34. The van der Waals surface area contributed by atoms with Crippen LogP contribution in [-0.2, 0) is 11.4 Å². The van der Waals surface area contributed by atoms with Crippen molar-refractivity contribution in [3.05, 3.63) is 69.8 Å². The lowest BCUT2D eigenvalue weighted by molar-refractivity contribution is 0.0537. The van der Waals surface area contributed by atoms with E-state index in [1.165, 1.54) is 18.0 Å². The number of nitrogens with one attached hydrogen (secondary N) is 1. The summed E-state index contributed by atoms with van der Waals surface area (Å²) in [5.74, 6) is -0.381. The molecule has 0 spiro atoms. The summed E-state index contributed by atoms with van der Waals surface area (Å²) in [6.45, 7) is 2.61. The van der Waals surface area contributed by atoms with Gasteiger partial charge in [-0.25, -0.2) is 10.5 Å². The van der Waals surface area contributed by atoms with Gasteiger partial charge < -0.3 is 4.90 Å². The van der Waals surface area contributed by atoms with Gasteiger partial charge in [0.2, 0.25) is 0 Å². The third-order valence-electron chi connectivity index (χ3n) is 4.25. The highest BCUT2D eigenvalue weighted by molar-refractivity contribution is 5.94. The molecule has 140 valence electrons. The van der Waals surface area contributed by atoms with Crippen LogP contribution in [0.15, 0.2) is 47.5 Å². The van der Waals surface area contributed by atoms with E-state index in [9.17, 15) is 9.59 Å². The lowest BCUT2D eigenvalue weighted by atomic mass is 10.1. The van der Waals surface area contributed by atoms with Gasteiger partial charge in [0, 0.05) is 12.1 Å². The summed E-state index contributed by atoms with van der Waals surface area (Å²) in [6.07, 6.45) is 1.50. The standard InChI is InChI=1S/C20H22N4O3/c1-13-5-7-15(19(25)22-27-4)10-18(13)24-12-21-17-8-6-14(11-23(2)3)9-16(17)20(24)26/h5-10,12H,11H2,1-4H3,(H,22,25). The Hall–Kier alpha value is -3.03. The van der Waals surface area contributed by atoms with E-state index in [0.717, 1.165) is 17.7 Å². The molecule has 1 aromatic heterocycles. The molecule has 2 aromatic carbocycles. The van der Waals surface area contributed by atoms with Crippen molar-refractivity contribution in [1.82, 2.24) is 19.9 Å². The van der Waals surface area contributed by atoms with Crippen LogP contribution in [0.25, 0.3) is 16.6 Å². The SMILES string of the molecule is CONC(=O)c1ccc(C)c(-n2cnc3ccc(CN(C)C)cc3c2=O)c1. The number of carbonyl (C=O) groups is 1. The Balaban J connectivity index is 2.14. The van der Waals surface area contributed by atoms with Crippen LogP contribution in [0.3, 0.4) is 0 Å². The number of fused-ring (bicyclic) bond motifs is 1. The number of amides is 1. The highest BCUT2D eigenvalue weighted by Gasteiger charge is 2.12. The molecular formula is C20H22N4O3. The Morgan fingerprint density at radius 1 is 1.22 bits per heavy atom. The summed E-state index contributed by atoms with van der Waals surface area (Å²) >= 11 is 0. The molecule has 0 atom stereocenters. The molecule has 0 radical (unpaired) electrons. The fourth-order valence-electron chi connectivity index (χ4n) is 2.97. The third-order valence-corrected chi connectivity index (χ3v) is 4.25. The first-order chi connectivity index (χ1) is 12.9. The molecule has 0 aliphatic carbocycles. The summed E-state index contributed by atoms with van der Waals surface area (Å²) < 4.78 is 1.47. The van der Waals surface area contributed by atoms with Crippen molar-refractivity contribution >= 4 is 16.8 Å². The summed E-state index contributed by atoms with van der Waals surface area (Å²) in [5.41, 5.74) is 5.65. The summed E-state index contributed by atoms with van der Waals surface area (Å²) in [7, 11) is 5.33. The molecule has 7 heteroatoms. The predicted octanol–water partition coefficient (Wildman–Crippen LogP) is 2.05. The first kappa shape index (κ1) is 18.8. The monoisotopic (exact) mass is 366 g/mol. The minimum atomic E-state index is -0.381. The van der Waals surface area contributed by atoms with E-state index in [1.807, 2.05) is 44.1 Å². The van der Waals surface area contributed by atoms with E-state index in [0.29, 0.717) is 22.2 Å². The zero-order valence-corrected chi connectivity index (χ0v) is 15.8. The number of aryl methyl sites for hydroxylation is 1. The minimum Gasteiger partial charge on any atom is -0.305 e. The van der Waals surface area contributed by atoms with Crippen LogP contribution in [0.1, 0.15) is 21.5 Å². The maximum absolute atomic E-state index is 13.1. The Morgan fingerprint density at radius 2 is 2.00 bits per heavy atom. The zero-order valence-electron chi connectivity index (χ0n) is 15.8. The van der Waals surface area contributed by atoms with Gasteiger partial charge in [-0.15, -0.1) is 0 Å². The second-order valence-electron chi connectivity index (χ2n) is 6.65. The molecule has 0 saturated carbocycles. The fourth-order valence-corrected chi connectivity index (χ4v) is 2.97. The van der Waals surface area contributed by atoms with Gasteiger partial charge in [0.25, 0.3) is 11.5 Å². The van der Waals surface area contributed by atoms with Crippen molar-refractivity contribution in [1.29, 1.82) is 0 Å². The van der Waals surface area contributed by atoms with Gasteiger partial charge in [0.15, 0.2) is 0 Å². The van der Waals surface area contributed by atoms with E-state index in [4.69, 9.17) is 0 Å². The second kappa shape index (κ2) is 7.69. The summed E-state index contributed by atoms with van der Waals surface area (Å²) in [6, 6.07) is 10.8. The van der Waals surface area contributed by atoms with Crippen molar-refractivity contribution in [2.75, 3.05) is 21.2 Å². The lowest BCUT2D eigenvalue weighted by Crippen LogP contribution is -2.23. The van der Waals surface area contributed by atoms with Gasteiger partial charge >= 0.3 is 0 Å². The zero-order chi connectivity index (χ0) is 19.6. The summed E-state index contributed by atoms with van der Waals surface area (Å²) in [4.78, 5) is 36.3. The molecule has 1 amide bonds. The van der Waals surface area contributed by atoms with Gasteiger partial charge in [-0.3, -0.25) is 19.0 Å². The molecule has 0 aliphatic rings. The first-order valence-corrected chi connectivity index (χ1v) is 8.50. The molecule has 3 rings (SSSR count). The van der Waals surface area contributed by atoms with Gasteiger partial charge in [-0.1, -0.05) is 12.1 Å². The van der Waals surface area contributed by atoms with E-state index in [-0.39, 0.29) is 11.5 Å². The van der Waals surface area contributed by atoms with Gasteiger partial charge in [-0.05, 0) is 56.4 Å². The average Bonchev–Trinajstić information content (AvgIpc) is 2.63. The maximum atomic E-state index is 13.1. The van der Waals surface area contributed by atoms with Crippen LogP contribution in [0.2, 0.25) is 0 Å². The Labute approximate surface area is 157 Å². The average molecular weight is 366 g/mol. The second-order valence-corrected chi connectivity index (χ2v) is 6.65. The highest BCUT2D eigenvalue weighted by atomic mass is 16.6. The van der Waals surface area contributed by atoms with Crippen molar-refractivity contribution in [3.63, 3.8) is 0 Å². The minimum absolute atomic E-state index is 0.173. The fraction of sp³-hybridized carbons (Fsp3) is 0.250. The van der Waals surface area contributed by atoms with Gasteiger partial charge in [0.1, 0.15) is 6.33 Å². The third kappa shape index (κ3) is 3.89. The van der Waals surface area contributed by atoms with Gasteiger partial charge in [0.05, 0.1) is 23.7 Å². The van der Waals surface area contributed by atoms with E-state index < -0.39 is 0 Å². The number of benzene rings is 2. The number of carbonyl (C=O) groups excluding carboxylic acids is 1. The normalized spacial score (nSPS) is 11.1. The van der Waals surface area contributed by atoms with Crippen molar-refractivity contribution < 1.29 is 9.63 Å². The molecule has 0 saturated heterocycles. The van der Waals surface area contributed by atoms with Crippen LogP contribution >= 0.6 is 0 Å². The molecule has 7 nitrogen and oxygen atoms in total. The quantitative estimate of drug-likeness (QED) is 0.700. The largest absolute Gasteiger partial charge is 0.305 e. The molecular weight excluding hydrogens is 344 g/mol. The van der Waals surface area contributed by atoms with E-state index in [2.05, 4.69) is 15.3 Å². The first-order valence-electron chi connectivity index (χ1n) is 8.50. The topological polar surface area (TPSA) is 76.5 Å². The number of rotatable bonds is 5. The number of hydrogen-bond donors (Lipinski definition) is 1. The van der Waals surface area contributed by atoms with Crippen LogP contribution in [0, 0.1) is 6.92 Å². The van der Waals surface area contributed by atoms with Crippen molar-refractivity contribution in [2.45, 2.75) is 13.5 Å². The molecule has 0 unspecified atom stereocenters. The van der Waals surface area contributed by atoms with Crippen LogP contribution in [0.4, 0.5) is 0 Å². The molecule has 27 heavy (non-hydrogen) atoms. The van der Waals surface area contributed by atoms with E-state index in [1.54, 1.807) is 18.2 Å². The summed E-state index contributed by atoms with van der Waals surface area (Å²) in [5, 5.41) is 0.544. The molecule has 0 bridgehead atoms. The Morgan fingerprint density at radius 3 is 2.70 bits per heavy atom. The molecule has 3 aromatic rings. The number of nitrogens with zero attached hydrogens (tertiary/aromatic N) is 3. The lowest BCUT2D eigenvalue weighted by Gasteiger charge is -2.13. The predicted molar refractivity (Wildman–Crippen MR) is 104 cm³/mol. The number of aromatic nitrogens is 2. The van der Waals surface area contributed by atoms with Crippen molar-refractivity contribution in [3.8, 4) is 5.69 Å². The number of hydroxylamine groups is 1. The van der Waals surface area contributed by atoms with Gasteiger partial charge in [-0.2, -0.15) is 0 Å². The number of hydrogen-bond acceptors (Lipinski definition) is 5. The smallest absolute Gasteiger partial charge is 0.274 e. The van der Waals surface area contributed by atoms with Crippen LogP contribution < -0.4 is 11.0 Å². The van der Waals surface area contributed by atoms with Crippen LogP contribution in [0.5, 0.6) is 0 Å². The highest BCUT2D eigenvalue weighted by Crippen LogP contribution is 2.17. The molecule has 1 heterocycles.